The maximum absolute atomic E-state index is 10.3. The Kier molecular flexibility index (Phi) is 5.65. The van der Waals surface area contributed by atoms with Crippen molar-refractivity contribution in [1.29, 1.82) is 0 Å². The van der Waals surface area contributed by atoms with Gasteiger partial charge in [-0.1, -0.05) is 13.8 Å². The van der Waals surface area contributed by atoms with Gasteiger partial charge in [0.15, 0.2) is 0 Å². The van der Waals surface area contributed by atoms with Crippen molar-refractivity contribution in [2.75, 3.05) is 37.6 Å². The van der Waals surface area contributed by atoms with Gasteiger partial charge in [-0.15, -0.1) is 0 Å². The van der Waals surface area contributed by atoms with Crippen LogP contribution in [0.3, 0.4) is 0 Å². The van der Waals surface area contributed by atoms with Gasteiger partial charge in [-0.2, -0.15) is 5.10 Å². The Morgan fingerprint density at radius 1 is 1.12 bits per heavy atom. The Hall–Kier alpha value is -1.99. The lowest BCUT2D eigenvalue weighted by Gasteiger charge is -2.36. The molecule has 0 amide bonds. The van der Waals surface area contributed by atoms with Crippen LogP contribution in [-0.2, 0) is 6.54 Å². The Morgan fingerprint density at radius 2 is 1.88 bits per heavy atom. The fourth-order valence-electron chi connectivity index (χ4n) is 3.13. The van der Waals surface area contributed by atoms with Gasteiger partial charge in [0.05, 0.1) is 12.6 Å². The number of β-amino-alcohol motifs (C(OH)–C–C–N with tert-alkyl or cyclic N) is 1. The lowest BCUT2D eigenvalue weighted by molar-refractivity contribution is 0.0920. The van der Waals surface area contributed by atoms with Crippen molar-refractivity contribution in [3.63, 3.8) is 0 Å². The maximum Gasteiger partial charge on any atom is 0.133 e. The third-order valence-electron chi connectivity index (χ3n) is 4.50. The second-order valence-corrected chi connectivity index (χ2v) is 7.05. The van der Waals surface area contributed by atoms with Crippen LogP contribution in [0.15, 0.2) is 24.5 Å². The average Bonchev–Trinajstić information content (AvgIpc) is 3.07. The smallest absolute Gasteiger partial charge is 0.133 e. The molecular weight excluding hydrogens is 316 g/mol. The van der Waals surface area contributed by atoms with Crippen LogP contribution < -0.4 is 4.90 Å². The van der Waals surface area contributed by atoms with E-state index >= 15 is 0 Å². The number of aromatic nitrogens is 4. The summed E-state index contributed by atoms with van der Waals surface area (Å²) in [6.07, 6.45) is 3.21. The zero-order chi connectivity index (χ0) is 17.8. The molecule has 1 unspecified atom stereocenters. The number of aliphatic hydroxyl groups excluding tert-OH is 1. The van der Waals surface area contributed by atoms with Gasteiger partial charge in [0.2, 0.25) is 0 Å². The molecular formula is C18H28N6O. The fraction of sp³-hybridized carbons (Fsp3) is 0.611. The van der Waals surface area contributed by atoms with Crippen molar-refractivity contribution < 1.29 is 5.11 Å². The zero-order valence-electron chi connectivity index (χ0n) is 15.3. The first kappa shape index (κ1) is 17.8. The molecule has 1 atom stereocenters. The molecule has 0 bridgehead atoms. The summed E-state index contributed by atoms with van der Waals surface area (Å²) < 4.78 is 1.78. The lowest BCUT2D eigenvalue weighted by atomic mass is 10.2. The number of nitrogens with zero attached hydrogens (tertiary/aromatic N) is 6. The third kappa shape index (κ3) is 4.76. The summed E-state index contributed by atoms with van der Waals surface area (Å²) in [6, 6.07) is 3.94. The molecule has 136 valence electrons. The van der Waals surface area contributed by atoms with E-state index in [1.165, 1.54) is 0 Å². The SMILES string of the molecule is Cc1cc(N2CCN(CC(O)Cn3cccn3)CC2)nc(C(C)C)n1. The molecule has 0 spiro atoms. The molecule has 2 aromatic heterocycles. The molecule has 7 nitrogen and oxygen atoms in total. The van der Waals surface area contributed by atoms with Gasteiger partial charge in [0.1, 0.15) is 11.6 Å². The van der Waals surface area contributed by atoms with Crippen LogP contribution in [0.25, 0.3) is 0 Å². The minimum absolute atomic E-state index is 0.331. The topological polar surface area (TPSA) is 70.3 Å². The highest BCUT2D eigenvalue weighted by Gasteiger charge is 2.21. The number of hydrogen-bond donors (Lipinski definition) is 1. The summed E-state index contributed by atoms with van der Waals surface area (Å²) in [4.78, 5) is 13.9. The monoisotopic (exact) mass is 344 g/mol. The van der Waals surface area contributed by atoms with Gasteiger partial charge in [0.25, 0.3) is 0 Å². The normalized spacial score (nSPS) is 17.2. The molecule has 1 N–H and O–H groups in total. The number of anilines is 1. The standard InChI is InChI=1S/C18H28N6O/c1-14(2)18-20-15(3)11-17(21-18)23-9-7-22(8-10-23)12-16(25)13-24-6-4-5-19-24/h4-6,11,14,16,25H,7-10,12-13H2,1-3H3. The highest BCUT2D eigenvalue weighted by Crippen LogP contribution is 2.18. The van der Waals surface area contributed by atoms with Crippen molar-refractivity contribution in [2.24, 2.45) is 0 Å². The lowest BCUT2D eigenvalue weighted by Crippen LogP contribution is -2.49. The van der Waals surface area contributed by atoms with Crippen LogP contribution in [0.5, 0.6) is 0 Å². The van der Waals surface area contributed by atoms with Crippen molar-refractivity contribution in [2.45, 2.75) is 39.3 Å². The summed E-state index contributed by atoms with van der Waals surface area (Å²) in [6.45, 7) is 11.2. The van der Waals surface area contributed by atoms with Gasteiger partial charge in [-0.3, -0.25) is 9.58 Å². The summed E-state index contributed by atoms with van der Waals surface area (Å²) in [5.41, 5.74) is 1.02. The fourth-order valence-corrected chi connectivity index (χ4v) is 3.13. The van der Waals surface area contributed by atoms with E-state index in [0.717, 1.165) is 43.5 Å². The Morgan fingerprint density at radius 3 is 2.52 bits per heavy atom. The van der Waals surface area contributed by atoms with E-state index in [-0.39, 0.29) is 0 Å². The van der Waals surface area contributed by atoms with Gasteiger partial charge in [-0.25, -0.2) is 9.97 Å². The molecule has 1 fully saturated rings. The van der Waals surface area contributed by atoms with Crippen LogP contribution in [0.4, 0.5) is 5.82 Å². The second kappa shape index (κ2) is 7.93. The van der Waals surface area contributed by atoms with Gasteiger partial charge in [0, 0.05) is 62.8 Å². The van der Waals surface area contributed by atoms with Gasteiger partial charge >= 0.3 is 0 Å². The summed E-state index contributed by atoms with van der Waals surface area (Å²) in [7, 11) is 0. The molecule has 3 heterocycles. The van der Waals surface area contributed by atoms with E-state index in [1.807, 2.05) is 19.2 Å². The number of hydrogen-bond acceptors (Lipinski definition) is 6. The quantitative estimate of drug-likeness (QED) is 0.851. The van der Waals surface area contributed by atoms with E-state index in [4.69, 9.17) is 4.98 Å². The molecule has 1 aliphatic heterocycles. The van der Waals surface area contributed by atoms with Gasteiger partial charge in [-0.05, 0) is 13.0 Å². The Bertz CT molecular complexity index is 664. The van der Waals surface area contributed by atoms with Crippen molar-refractivity contribution in [1.82, 2.24) is 24.6 Å². The highest BCUT2D eigenvalue weighted by atomic mass is 16.3. The summed E-state index contributed by atoms with van der Waals surface area (Å²) in [5, 5.41) is 14.4. The van der Waals surface area contributed by atoms with Crippen LogP contribution in [-0.4, -0.2) is 68.6 Å². The van der Waals surface area contributed by atoms with Crippen LogP contribution in [0.1, 0.15) is 31.3 Å². The van der Waals surface area contributed by atoms with E-state index in [2.05, 4.69) is 39.8 Å². The van der Waals surface area contributed by atoms with Crippen molar-refractivity contribution >= 4 is 5.82 Å². The number of piperazine rings is 1. The minimum Gasteiger partial charge on any atom is -0.390 e. The number of aliphatic hydroxyl groups is 1. The Balaban J connectivity index is 1.53. The van der Waals surface area contributed by atoms with Crippen molar-refractivity contribution in [3.8, 4) is 0 Å². The summed E-state index contributed by atoms with van der Waals surface area (Å²) in [5.74, 6) is 2.26. The minimum atomic E-state index is -0.403. The molecule has 7 heteroatoms. The molecule has 1 saturated heterocycles. The summed E-state index contributed by atoms with van der Waals surface area (Å²) >= 11 is 0. The van der Waals surface area contributed by atoms with E-state index in [1.54, 1.807) is 10.9 Å². The average molecular weight is 344 g/mol. The number of aryl methyl sites for hydroxylation is 1. The highest BCUT2D eigenvalue weighted by molar-refractivity contribution is 5.40. The molecule has 25 heavy (non-hydrogen) atoms. The van der Waals surface area contributed by atoms with E-state index in [0.29, 0.717) is 19.0 Å². The first-order valence-corrected chi connectivity index (χ1v) is 8.99. The van der Waals surface area contributed by atoms with Crippen LogP contribution in [0, 0.1) is 6.92 Å². The largest absolute Gasteiger partial charge is 0.390 e. The van der Waals surface area contributed by atoms with Crippen LogP contribution in [0.2, 0.25) is 0 Å². The molecule has 2 aromatic rings. The predicted molar refractivity (Wildman–Crippen MR) is 97.7 cm³/mol. The van der Waals surface area contributed by atoms with Gasteiger partial charge < -0.3 is 10.0 Å². The predicted octanol–water partition coefficient (Wildman–Crippen LogP) is 1.29. The zero-order valence-corrected chi connectivity index (χ0v) is 15.3. The molecule has 0 aromatic carbocycles. The van der Waals surface area contributed by atoms with E-state index < -0.39 is 6.10 Å². The number of rotatable bonds is 6. The first-order valence-electron chi connectivity index (χ1n) is 8.99. The van der Waals surface area contributed by atoms with Crippen molar-refractivity contribution in [3.05, 3.63) is 36.0 Å². The molecule has 3 rings (SSSR count). The molecule has 0 saturated carbocycles. The third-order valence-corrected chi connectivity index (χ3v) is 4.50. The van der Waals surface area contributed by atoms with E-state index in [9.17, 15) is 5.11 Å². The second-order valence-electron chi connectivity index (χ2n) is 7.05. The molecule has 1 aliphatic rings. The Labute approximate surface area is 149 Å². The maximum atomic E-state index is 10.3. The van der Waals surface area contributed by atoms with Crippen LogP contribution >= 0.6 is 0 Å². The molecule has 0 aliphatic carbocycles. The first-order chi connectivity index (χ1) is 12.0. The molecule has 0 radical (unpaired) electrons.